The summed E-state index contributed by atoms with van der Waals surface area (Å²) in [7, 11) is 1.75. The second kappa shape index (κ2) is 7.96. The van der Waals surface area contributed by atoms with E-state index in [2.05, 4.69) is 9.97 Å². The molecule has 2 aliphatic rings. The number of carbonyl (C=O) groups is 2. The van der Waals surface area contributed by atoms with Crippen LogP contribution in [-0.4, -0.2) is 58.3 Å². The van der Waals surface area contributed by atoms with E-state index in [-0.39, 0.29) is 23.7 Å². The Balaban J connectivity index is 1.40. The van der Waals surface area contributed by atoms with Crippen LogP contribution in [0.5, 0.6) is 11.6 Å². The highest BCUT2D eigenvalue weighted by atomic mass is 16.5. The zero-order valence-electron chi connectivity index (χ0n) is 16.0. The molecule has 0 radical (unpaired) electrons. The largest absolute Gasteiger partial charge is 0.437 e. The molecule has 4 rings (SSSR count). The maximum atomic E-state index is 12.7. The van der Waals surface area contributed by atoms with E-state index >= 15 is 0 Å². The van der Waals surface area contributed by atoms with E-state index in [4.69, 9.17) is 4.74 Å². The van der Waals surface area contributed by atoms with Gasteiger partial charge >= 0.3 is 0 Å². The number of nitrogens with zero attached hydrogens (tertiary/aromatic N) is 4. The zero-order chi connectivity index (χ0) is 19.5. The Morgan fingerprint density at radius 2 is 1.82 bits per heavy atom. The number of aromatic nitrogens is 2. The predicted molar refractivity (Wildman–Crippen MR) is 103 cm³/mol. The Hall–Kier alpha value is -2.96. The van der Waals surface area contributed by atoms with E-state index < -0.39 is 0 Å². The molecule has 1 atom stereocenters. The Bertz CT molecular complexity index is 850. The summed E-state index contributed by atoms with van der Waals surface area (Å²) in [5.74, 6) is 1.40. The van der Waals surface area contributed by atoms with Gasteiger partial charge in [0.05, 0.1) is 5.92 Å². The van der Waals surface area contributed by atoms with Gasteiger partial charge in [0, 0.05) is 51.4 Å². The number of hydrogen-bond acceptors (Lipinski definition) is 5. The van der Waals surface area contributed by atoms with Crippen LogP contribution in [0.25, 0.3) is 0 Å². The lowest BCUT2D eigenvalue weighted by atomic mass is 9.92. The standard InChI is InChI=1S/C21H24N4O3/c1-24-14-16(13-18(24)26)21(27)25-11-7-15(8-12-25)19-20(23-10-9-22-19)28-17-5-3-2-4-6-17/h2-6,9-10,15-16H,7-8,11-14H2,1H3/t16-/m0/s1. The summed E-state index contributed by atoms with van der Waals surface area (Å²) in [6.45, 7) is 1.86. The van der Waals surface area contributed by atoms with Crippen molar-refractivity contribution in [3.63, 3.8) is 0 Å². The number of ether oxygens (including phenoxy) is 1. The minimum absolute atomic E-state index is 0.0514. The maximum Gasteiger partial charge on any atom is 0.241 e. The molecule has 2 aliphatic heterocycles. The number of piperidine rings is 1. The Labute approximate surface area is 164 Å². The smallest absolute Gasteiger partial charge is 0.241 e. The lowest BCUT2D eigenvalue weighted by Gasteiger charge is -2.33. The van der Waals surface area contributed by atoms with E-state index in [0.29, 0.717) is 31.9 Å². The summed E-state index contributed by atoms with van der Waals surface area (Å²) in [5.41, 5.74) is 0.842. The van der Waals surface area contributed by atoms with Crippen molar-refractivity contribution in [3.05, 3.63) is 48.4 Å². The molecule has 0 spiro atoms. The fourth-order valence-electron chi connectivity index (χ4n) is 3.96. The van der Waals surface area contributed by atoms with Gasteiger partial charge in [-0.25, -0.2) is 4.98 Å². The minimum atomic E-state index is -0.206. The summed E-state index contributed by atoms with van der Waals surface area (Å²) in [4.78, 5) is 36.9. The van der Waals surface area contributed by atoms with E-state index in [0.717, 1.165) is 24.3 Å². The quantitative estimate of drug-likeness (QED) is 0.814. The SMILES string of the molecule is CN1C[C@@H](C(=O)N2CCC(c3nccnc3Oc3ccccc3)CC2)CC1=O. The highest BCUT2D eigenvalue weighted by Gasteiger charge is 2.36. The topological polar surface area (TPSA) is 75.6 Å². The monoisotopic (exact) mass is 380 g/mol. The molecule has 0 saturated carbocycles. The molecule has 2 amide bonds. The Kier molecular flexibility index (Phi) is 5.23. The maximum absolute atomic E-state index is 12.7. The Morgan fingerprint density at radius 3 is 2.50 bits per heavy atom. The number of rotatable bonds is 4. The Morgan fingerprint density at radius 1 is 1.11 bits per heavy atom. The second-order valence-electron chi connectivity index (χ2n) is 7.44. The van der Waals surface area contributed by atoms with Gasteiger partial charge in [-0.05, 0) is 25.0 Å². The van der Waals surface area contributed by atoms with Crippen molar-refractivity contribution >= 4 is 11.8 Å². The van der Waals surface area contributed by atoms with Crippen molar-refractivity contribution in [2.75, 3.05) is 26.7 Å². The second-order valence-corrected chi connectivity index (χ2v) is 7.44. The first-order valence-electron chi connectivity index (χ1n) is 9.68. The molecule has 0 unspecified atom stereocenters. The summed E-state index contributed by atoms with van der Waals surface area (Å²) < 4.78 is 5.94. The fourth-order valence-corrected chi connectivity index (χ4v) is 3.96. The molecule has 0 bridgehead atoms. The van der Waals surface area contributed by atoms with Crippen molar-refractivity contribution in [3.8, 4) is 11.6 Å². The van der Waals surface area contributed by atoms with Gasteiger partial charge in [-0.3, -0.25) is 14.6 Å². The van der Waals surface area contributed by atoms with Crippen LogP contribution < -0.4 is 4.74 Å². The first-order chi connectivity index (χ1) is 13.6. The van der Waals surface area contributed by atoms with Crippen molar-refractivity contribution in [2.45, 2.75) is 25.2 Å². The number of likely N-dealkylation sites (tertiary alicyclic amines) is 2. The van der Waals surface area contributed by atoms with Crippen molar-refractivity contribution in [1.29, 1.82) is 0 Å². The third kappa shape index (κ3) is 3.83. The molecule has 2 fully saturated rings. The molecule has 28 heavy (non-hydrogen) atoms. The molecule has 7 heteroatoms. The van der Waals surface area contributed by atoms with Gasteiger partial charge in [0.1, 0.15) is 11.4 Å². The minimum Gasteiger partial charge on any atom is -0.437 e. The van der Waals surface area contributed by atoms with Crippen LogP contribution in [-0.2, 0) is 9.59 Å². The van der Waals surface area contributed by atoms with Gasteiger partial charge in [0.2, 0.25) is 17.7 Å². The van der Waals surface area contributed by atoms with Gasteiger partial charge in [0.25, 0.3) is 0 Å². The van der Waals surface area contributed by atoms with Crippen LogP contribution in [0.4, 0.5) is 0 Å². The van der Waals surface area contributed by atoms with Crippen LogP contribution >= 0.6 is 0 Å². The molecule has 1 aromatic heterocycles. The highest BCUT2D eigenvalue weighted by Crippen LogP contribution is 2.34. The molecule has 2 aromatic rings. The van der Waals surface area contributed by atoms with Gasteiger partial charge in [-0.2, -0.15) is 0 Å². The first kappa shape index (κ1) is 18.4. The lowest BCUT2D eigenvalue weighted by Crippen LogP contribution is -2.42. The average Bonchev–Trinajstić information content (AvgIpc) is 3.07. The number of amides is 2. The molecule has 0 N–H and O–H groups in total. The van der Waals surface area contributed by atoms with Gasteiger partial charge < -0.3 is 14.5 Å². The average molecular weight is 380 g/mol. The predicted octanol–water partition coefficient (Wildman–Crippen LogP) is 2.45. The van der Waals surface area contributed by atoms with Gasteiger partial charge in [0.15, 0.2) is 0 Å². The van der Waals surface area contributed by atoms with Crippen LogP contribution in [0.2, 0.25) is 0 Å². The first-order valence-corrected chi connectivity index (χ1v) is 9.68. The molecule has 2 saturated heterocycles. The van der Waals surface area contributed by atoms with E-state index in [1.54, 1.807) is 24.3 Å². The van der Waals surface area contributed by atoms with Crippen molar-refractivity contribution < 1.29 is 14.3 Å². The van der Waals surface area contributed by atoms with Crippen molar-refractivity contribution in [1.82, 2.24) is 19.8 Å². The van der Waals surface area contributed by atoms with Crippen molar-refractivity contribution in [2.24, 2.45) is 5.92 Å². The van der Waals surface area contributed by atoms with Gasteiger partial charge in [-0.1, -0.05) is 18.2 Å². The van der Waals surface area contributed by atoms with Crippen LogP contribution in [0, 0.1) is 5.92 Å². The van der Waals surface area contributed by atoms with E-state index in [1.165, 1.54) is 0 Å². The number of para-hydroxylation sites is 1. The lowest BCUT2D eigenvalue weighted by molar-refractivity contribution is -0.136. The fraction of sp³-hybridized carbons (Fsp3) is 0.429. The normalized spacial score (nSPS) is 20.5. The third-order valence-corrected chi connectivity index (χ3v) is 5.53. The summed E-state index contributed by atoms with van der Waals surface area (Å²) >= 11 is 0. The van der Waals surface area contributed by atoms with Crippen LogP contribution in [0.1, 0.15) is 30.9 Å². The number of benzene rings is 1. The third-order valence-electron chi connectivity index (χ3n) is 5.53. The van der Waals surface area contributed by atoms with Gasteiger partial charge in [-0.15, -0.1) is 0 Å². The summed E-state index contributed by atoms with van der Waals surface area (Å²) in [5, 5.41) is 0. The highest BCUT2D eigenvalue weighted by molar-refractivity contribution is 5.89. The van der Waals surface area contributed by atoms with E-state index in [9.17, 15) is 9.59 Å². The molecule has 0 aliphatic carbocycles. The van der Waals surface area contributed by atoms with Crippen LogP contribution in [0.15, 0.2) is 42.7 Å². The molecular formula is C21H24N4O3. The molecular weight excluding hydrogens is 356 g/mol. The van der Waals surface area contributed by atoms with Crippen LogP contribution in [0.3, 0.4) is 0 Å². The molecule has 1 aromatic carbocycles. The summed E-state index contributed by atoms with van der Waals surface area (Å²) in [6, 6.07) is 9.55. The number of carbonyl (C=O) groups excluding carboxylic acids is 2. The zero-order valence-corrected chi connectivity index (χ0v) is 16.0. The molecule has 3 heterocycles. The molecule has 146 valence electrons. The molecule has 7 nitrogen and oxygen atoms in total. The number of hydrogen-bond donors (Lipinski definition) is 0. The van der Waals surface area contributed by atoms with E-state index in [1.807, 2.05) is 35.2 Å². The summed E-state index contributed by atoms with van der Waals surface area (Å²) in [6.07, 6.45) is 5.27.